The lowest BCUT2D eigenvalue weighted by molar-refractivity contribution is -0.138. The van der Waals surface area contributed by atoms with Crippen LogP contribution in [0.5, 0.6) is 0 Å². The summed E-state index contributed by atoms with van der Waals surface area (Å²) >= 11 is 0. The van der Waals surface area contributed by atoms with Gasteiger partial charge in [-0.05, 0) is 5.92 Å². The van der Waals surface area contributed by atoms with Crippen molar-refractivity contribution in [1.29, 1.82) is 0 Å². The molecule has 80 valence electrons. The van der Waals surface area contributed by atoms with Gasteiger partial charge in [0.15, 0.2) is 0 Å². The van der Waals surface area contributed by atoms with Gasteiger partial charge >= 0.3 is 5.97 Å². The fraction of sp³-hybridized carbons (Fsp3) is 0.600. The summed E-state index contributed by atoms with van der Waals surface area (Å²) in [7, 11) is 0. The van der Waals surface area contributed by atoms with E-state index >= 15 is 0 Å². The van der Waals surface area contributed by atoms with Gasteiger partial charge < -0.3 is 10.4 Å². The van der Waals surface area contributed by atoms with Gasteiger partial charge in [0.25, 0.3) is 0 Å². The molecule has 0 spiro atoms. The molecule has 1 unspecified atom stereocenters. The first-order valence-electron chi connectivity index (χ1n) is 4.59. The summed E-state index contributed by atoms with van der Waals surface area (Å²) in [5.41, 5.74) is 0. The number of carboxylic acid groups (broad SMARTS) is 1. The summed E-state index contributed by atoms with van der Waals surface area (Å²) in [6.07, 6.45) is 1.68. The Labute approximate surface area is 84.0 Å². The van der Waals surface area contributed by atoms with E-state index in [0.29, 0.717) is 0 Å². The van der Waals surface area contributed by atoms with E-state index in [9.17, 15) is 9.59 Å². The van der Waals surface area contributed by atoms with Crippen LogP contribution in [0.1, 0.15) is 26.7 Å². The third-order valence-electron chi connectivity index (χ3n) is 1.88. The second-order valence-corrected chi connectivity index (χ2v) is 3.51. The Morgan fingerprint density at radius 2 is 2.07 bits per heavy atom. The molecule has 0 saturated heterocycles. The Morgan fingerprint density at radius 1 is 1.50 bits per heavy atom. The maximum Gasteiger partial charge on any atom is 0.305 e. The van der Waals surface area contributed by atoms with Gasteiger partial charge in [0, 0.05) is 12.5 Å². The number of rotatable bonds is 6. The van der Waals surface area contributed by atoms with Gasteiger partial charge in [-0.2, -0.15) is 0 Å². The minimum absolute atomic E-state index is 0.0411. The third-order valence-corrected chi connectivity index (χ3v) is 1.88. The second kappa shape index (κ2) is 6.18. The molecule has 0 aliphatic carbocycles. The van der Waals surface area contributed by atoms with Crippen LogP contribution in [0.4, 0.5) is 0 Å². The molecule has 2 N–H and O–H groups in total. The third kappa shape index (κ3) is 5.35. The lowest BCUT2D eigenvalue weighted by Crippen LogP contribution is -2.39. The van der Waals surface area contributed by atoms with Crippen LogP contribution in [-0.4, -0.2) is 23.0 Å². The molecule has 0 rings (SSSR count). The van der Waals surface area contributed by atoms with E-state index in [4.69, 9.17) is 5.11 Å². The molecular weight excluding hydrogens is 182 g/mol. The lowest BCUT2D eigenvalue weighted by atomic mass is 10.0. The molecule has 4 heteroatoms. The molecule has 0 aromatic heterocycles. The number of carboxylic acids is 1. The average Bonchev–Trinajstić information content (AvgIpc) is 2.02. The molecule has 0 fully saturated rings. The fourth-order valence-corrected chi connectivity index (χ4v) is 1.04. The minimum Gasteiger partial charge on any atom is -0.481 e. The number of carbonyl (C=O) groups is 2. The molecule has 0 aliphatic rings. The number of hydrogen-bond acceptors (Lipinski definition) is 2. The summed E-state index contributed by atoms with van der Waals surface area (Å²) < 4.78 is 0. The highest BCUT2D eigenvalue weighted by Crippen LogP contribution is 2.06. The van der Waals surface area contributed by atoms with E-state index in [-0.39, 0.29) is 30.7 Å². The van der Waals surface area contributed by atoms with E-state index in [0.717, 1.165) is 0 Å². The zero-order valence-electron chi connectivity index (χ0n) is 8.62. The molecule has 0 radical (unpaired) electrons. The van der Waals surface area contributed by atoms with Gasteiger partial charge in [-0.1, -0.05) is 19.9 Å². The molecule has 0 aromatic rings. The average molecular weight is 199 g/mol. The Kier molecular flexibility index (Phi) is 5.60. The number of hydrogen-bond donors (Lipinski definition) is 2. The molecule has 4 nitrogen and oxygen atoms in total. The van der Waals surface area contributed by atoms with Crippen LogP contribution in [-0.2, 0) is 9.59 Å². The van der Waals surface area contributed by atoms with Crippen LogP contribution in [0.15, 0.2) is 12.7 Å². The van der Waals surface area contributed by atoms with Crippen molar-refractivity contribution in [3.63, 3.8) is 0 Å². The van der Waals surface area contributed by atoms with Gasteiger partial charge in [-0.25, -0.2) is 0 Å². The molecule has 0 aliphatic heterocycles. The summed E-state index contributed by atoms with van der Waals surface area (Å²) in [6.45, 7) is 7.19. The molecule has 1 atom stereocenters. The van der Waals surface area contributed by atoms with Crippen LogP contribution < -0.4 is 5.32 Å². The van der Waals surface area contributed by atoms with E-state index in [1.165, 1.54) is 6.08 Å². The first-order chi connectivity index (χ1) is 6.47. The van der Waals surface area contributed by atoms with Gasteiger partial charge in [0.2, 0.25) is 5.91 Å². The monoisotopic (exact) mass is 199 g/mol. The Morgan fingerprint density at radius 3 is 2.43 bits per heavy atom. The van der Waals surface area contributed by atoms with E-state index in [1.807, 2.05) is 13.8 Å². The van der Waals surface area contributed by atoms with Gasteiger partial charge in [0.1, 0.15) is 0 Å². The first kappa shape index (κ1) is 12.7. The van der Waals surface area contributed by atoms with Crippen LogP contribution in [0.2, 0.25) is 0 Å². The highest BCUT2D eigenvalue weighted by Gasteiger charge is 2.18. The lowest BCUT2D eigenvalue weighted by Gasteiger charge is -2.20. The fourth-order valence-electron chi connectivity index (χ4n) is 1.04. The van der Waals surface area contributed by atoms with Crippen molar-refractivity contribution < 1.29 is 14.7 Å². The SMILES string of the molecule is C=CCC(=O)NC(CC(=O)O)C(C)C. The number of aliphatic carboxylic acids is 1. The Hall–Kier alpha value is -1.32. The number of amides is 1. The van der Waals surface area contributed by atoms with Gasteiger partial charge in [-0.15, -0.1) is 6.58 Å². The molecule has 0 aromatic carbocycles. The topological polar surface area (TPSA) is 66.4 Å². The van der Waals surface area contributed by atoms with Crippen molar-refractivity contribution in [1.82, 2.24) is 5.32 Å². The van der Waals surface area contributed by atoms with Crippen LogP contribution >= 0.6 is 0 Å². The minimum atomic E-state index is -0.900. The largest absolute Gasteiger partial charge is 0.481 e. The maximum atomic E-state index is 11.2. The van der Waals surface area contributed by atoms with E-state index in [1.54, 1.807) is 0 Å². The van der Waals surface area contributed by atoms with E-state index < -0.39 is 5.97 Å². The molecule has 1 amide bonds. The van der Waals surface area contributed by atoms with Crippen molar-refractivity contribution in [2.24, 2.45) is 5.92 Å². The normalized spacial score (nSPS) is 12.2. The molecule has 14 heavy (non-hydrogen) atoms. The quantitative estimate of drug-likeness (QED) is 0.631. The highest BCUT2D eigenvalue weighted by molar-refractivity contribution is 5.78. The van der Waals surface area contributed by atoms with Crippen LogP contribution in [0.3, 0.4) is 0 Å². The van der Waals surface area contributed by atoms with Gasteiger partial charge in [0.05, 0.1) is 6.42 Å². The van der Waals surface area contributed by atoms with Gasteiger partial charge in [-0.3, -0.25) is 9.59 Å². The summed E-state index contributed by atoms with van der Waals surface area (Å²) in [6, 6.07) is -0.306. The number of carbonyl (C=O) groups excluding carboxylic acids is 1. The van der Waals surface area contributed by atoms with Crippen LogP contribution in [0, 0.1) is 5.92 Å². The van der Waals surface area contributed by atoms with Crippen molar-refractivity contribution in [3.05, 3.63) is 12.7 Å². The maximum absolute atomic E-state index is 11.2. The smallest absolute Gasteiger partial charge is 0.305 e. The van der Waals surface area contributed by atoms with Crippen molar-refractivity contribution in [2.75, 3.05) is 0 Å². The number of nitrogens with one attached hydrogen (secondary N) is 1. The molecule has 0 heterocycles. The standard InChI is InChI=1S/C10H17NO3/c1-4-5-9(12)11-8(7(2)3)6-10(13)14/h4,7-8H,1,5-6H2,2-3H3,(H,11,12)(H,13,14). The van der Waals surface area contributed by atoms with Crippen molar-refractivity contribution >= 4 is 11.9 Å². The highest BCUT2D eigenvalue weighted by atomic mass is 16.4. The van der Waals surface area contributed by atoms with Crippen LogP contribution in [0.25, 0.3) is 0 Å². The second-order valence-electron chi connectivity index (χ2n) is 3.51. The van der Waals surface area contributed by atoms with E-state index in [2.05, 4.69) is 11.9 Å². The Balaban J connectivity index is 4.15. The van der Waals surface area contributed by atoms with Crippen molar-refractivity contribution in [2.45, 2.75) is 32.7 Å². The summed E-state index contributed by atoms with van der Waals surface area (Å²) in [5, 5.41) is 11.3. The zero-order chi connectivity index (χ0) is 11.1. The molecule has 0 bridgehead atoms. The predicted octanol–water partition coefficient (Wildman–Crippen LogP) is 1.18. The zero-order valence-corrected chi connectivity index (χ0v) is 8.62. The first-order valence-corrected chi connectivity index (χ1v) is 4.59. The summed E-state index contributed by atoms with van der Waals surface area (Å²) in [4.78, 5) is 21.6. The predicted molar refractivity (Wildman–Crippen MR) is 53.8 cm³/mol. The molecule has 0 saturated carbocycles. The Bertz CT molecular complexity index is 223. The summed E-state index contributed by atoms with van der Waals surface area (Å²) in [5.74, 6) is -0.970. The van der Waals surface area contributed by atoms with Crippen molar-refractivity contribution in [3.8, 4) is 0 Å². The molecular formula is C10H17NO3.